The van der Waals surface area contributed by atoms with Gasteiger partial charge in [0.15, 0.2) is 0 Å². The van der Waals surface area contributed by atoms with Gasteiger partial charge in [0.1, 0.15) is 5.82 Å². The van der Waals surface area contributed by atoms with Gasteiger partial charge in [0.2, 0.25) is 15.9 Å². The second kappa shape index (κ2) is 9.91. The van der Waals surface area contributed by atoms with E-state index < -0.39 is 28.3 Å². The summed E-state index contributed by atoms with van der Waals surface area (Å²) in [4.78, 5) is 12.7. The third-order valence-corrected chi connectivity index (χ3v) is 7.14. The Labute approximate surface area is 194 Å². The molecule has 3 rings (SSSR count). The molecule has 1 N–H and O–H groups in total. The molecule has 0 aliphatic heterocycles. The number of anilines is 1. The highest BCUT2D eigenvalue weighted by molar-refractivity contribution is 9.10. The van der Waals surface area contributed by atoms with E-state index >= 15 is 0 Å². The number of sulfonamides is 1. The highest BCUT2D eigenvalue weighted by Crippen LogP contribution is 2.23. The van der Waals surface area contributed by atoms with Crippen LogP contribution in [0, 0.1) is 12.7 Å². The third-order valence-electron chi connectivity index (χ3n) is 4.58. The van der Waals surface area contributed by atoms with Gasteiger partial charge >= 0.3 is 0 Å². The van der Waals surface area contributed by atoms with Gasteiger partial charge in [0, 0.05) is 16.0 Å². The lowest BCUT2D eigenvalue weighted by Crippen LogP contribution is -2.37. The van der Waals surface area contributed by atoms with Gasteiger partial charge in [-0.25, -0.2) is 12.8 Å². The fourth-order valence-corrected chi connectivity index (χ4v) is 4.73. The predicted octanol–water partition coefficient (Wildman–Crippen LogP) is 5.38. The molecule has 0 fully saturated rings. The Morgan fingerprint density at radius 1 is 1.10 bits per heavy atom. The number of halogens is 3. The zero-order chi connectivity index (χ0) is 22.6. The van der Waals surface area contributed by atoms with Crippen molar-refractivity contribution in [2.24, 2.45) is 0 Å². The first-order chi connectivity index (χ1) is 14.7. The second-order valence-corrected chi connectivity index (χ2v) is 10.1. The molecule has 0 radical (unpaired) electrons. The maximum atomic E-state index is 14.1. The number of hydrogen-bond donors (Lipinski definition) is 1. The van der Waals surface area contributed by atoms with Gasteiger partial charge in [0.05, 0.1) is 17.1 Å². The van der Waals surface area contributed by atoms with Crippen molar-refractivity contribution >= 4 is 49.1 Å². The molecule has 0 aromatic heterocycles. The van der Waals surface area contributed by atoms with Crippen molar-refractivity contribution in [2.75, 3.05) is 11.9 Å². The Kier molecular flexibility index (Phi) is 7.48. The maximum Gasteiger partial charge on any atom is 0.243 e. The first-order valence-electron chi connectivity index (χ1n) is 9.22. The molecular weight excluding hydrogens is 507 g/mol. The number of carbonyl (C=O) groups is 1. The van der Waals surface area contributed by atoms with Crippen molar-refractivity contribution in [3.05, 3.63) is 93.2 Å². The second-order valence-electron chi connectivity index (χ2n) is 6.83. The van der Waals surface area contributed by atoms with Crippen LogP contribution in [0.4, 0.5) is 10.1 Å². The van der Waals surface area contributed by atoms with Gasteiger partial charge in [-0.2, -0.15) is 4.31 Å². The third kappa shape index (κ3) is 5.92. The molecule has 0 unspecified atom stereocenters. The quantitative estimate of drug-likeness (QED) is 0.450. The summed E-state index contributed by atoms with van der Waals surface area (Å²) in [5.41, 5.74) is 1.61. The number of benzene rings is 3. The van der Waals surface area contributed by atoms with Gasteiger partial charge < -0.3 is 5.32 Å². The number of amides is 1. The summed E-state index contributed by atoms with van der Waals surface area (Å²) in [5, 5.41) is 2.84. The van der Waals surface area contributed by atoms with Crippen molar-refractivity contribution < 1.29 is 17.6 Å². The molecule has 0 saturated heterocycles. The molecule has 0 saturated carbocycles. The van der Waals surface area contributed by atoms with E-state index in [1.807, 2.05) is 19.1 Å². The highest BCUT2D eigenvalue weighted by atomic mass is 79.9. The van der Waals surface area contributed by atoms with Crippen LogP contribution in [0.5, 0.6) is 0 Å². The Morgan fingerprint density at radius 3 is 2.42 bits per heavy atom. The summed E-state index contributed by atoms with van der Waals surface area (Å²) in [5.74, 6) is -1.29. The molecule has 0 aliphatic rings. The van der Waals surface area contributed by atoms with E-state index in [-0.39, 0.29) is 17.1 Å². The van der Waals surface area contributed by atoms with Crippen molar-refractivity contribution in [2.45, 2.75) is 18.4 Å². The highest BCUT2D eigenvalue weighted by Gasteiger charge is 2.27. The standard InChI is InChI=1S/C22H19BrClFN2O3S/c1-15-4-2-3-5-16(15)13-27(31(29,30)19-9-7-18(24)8-10-19)14-22(28)26-21-11-6-17(23)12-20(21)25/h2-12H,13-14H2,1H3,(H,26,28). The van der Waals surface area contributed by atoms with E-state index in [0.29, 0.717) is 9.50 Å². The predicted molar refractivity (Wildman–Crippen MR) is 123 cm³/mol. The molecule has 0 heterocycles. The summed E-state index contributed by atoms with van der Waals surface area (Å²) in [7, 11) is -4.02. The zero-order valence-electron chi connectivity index (χ0n) is 16.5. The van der Waals surface area contributed by atoms with Crippen LogP contribution in [0.25, 0.3) is 0 Å². The van der Waals surface area contributed by atoms with Crippen molar-refractivity contribution in [1.82, 2.24) is 4.31 Å². The molecule has 0 bridgehead atoms. The van der Waals surface area contributed by atoms with E-state index in [2.05, 4.69) is 21.2 Å². The average molecular weight is 526 g/mol. The van der Waals surface area contributed by atoms with E-state index in [0.717, 1.165) is 15.4 Å². The summed E-state index contributed by atoms with van der Waals surface area (Å²) in [6, 6.07) is 17.2. The first-order valence-corrected chi connectivity index (χ1v) is 11.8. The molecule has 3 aromatic carbocycles. The van der Waals surface area contributed by atoms with Crippen LogP contribution < -0.4 is 5.32 Å². The number of nitrogens with zero attached hydrogens (tertiary/aromatic N) is 1. The molecule has 0 aliphatic carbocycles. The van der Waals surface area contributed by atoms with Crippen LogP contribution in [-0.2, 0) is 21.4 Å². The van der Waals surface area contributed by atoms with Crippen LogP contribution in [0.15, 0.2) is 76.1 Å². The monoisotopic (exact) mass is 524 g/mol. The van der Waals surface area contributed by atoms with Gasteiger partial charge in [-0.05, 0) is 60.5 Å². The summed E-state index contributed by atoms with van der Waals surface area (Å²) >= 11 is 9.03. The Balaban J connectivity index is 1.90. The number of aryl methyl sites for hydroxylation is 1. The van der Waals surface area contributed by atoms with E-state index in [9.17, 15) is 17.6 Å². The Bertz CT molecular complexity index is 1200. The fraction of sp³-hybridized carbons (Fsp3) is 0.136. The minimum Gasteiger partial charge on any atom is -0.322 e. The molecule has 31 heavy (non-hydrogen) atoms. The number of hydrogen-bond acceptors (Lipinski definition) is 3. The van der Waals surface area contributed by atoms with Gasteiger partial charge in [-0.1, -0.05) is 51.8 Å². The molecule has 9 heteroatoms. The van der Waals surface area contributed by atoms with Gasteiger partial charge in [-0.15, -0.1) is 0 Å². The van der Waals surface area contributed by atoms with E-state index in [1.54, 1.807) is 18.2 Å². The molecule has 0 spiro atoms. The maximum absolute atomic E-state index is 14.1. The summed E-state index contributed by atoms with van der Waals surface area (Å²) < 4.78 is 42.2. The summed E-state index contributed by atoms with van der Waals surface area (Å²) in [6.07, 6.45) is 0. The Hall–Kier alpha value is -2.26. The topological polar surface area (TPSA) is 66.5 Å². The molecule has 5 nitrogen and oxygen atoms in total. The minimum absolute atomic E-state index is 0.00751. The average Bonchev–Trinajstić information content (AvgIpc) is 2.71. The largest absolute Gasteiger partial charge is 0.322 e. The van der Waals surface area contributed by atoms with Crippen molar-refractivity contribution in [1.29, 1.82) is 0 Å². The fourth-order valence-electron chi connectivity index (χ4n) is 2.90. The van der Waals surface area contributed by atoms with Crippen molar-refractivity contribution in [3.63, 3.8) is 0 Å². The van der Waals surface area contributed by atoms with Crippen LogP contribution in [-0.4, -0.2) is 25.2 Å². The zero-order valence-corrected chi connectivity index (χ0v) is 19.6. The van der Waals surface area contributed by atoms with Crippen LogP contribution >= 0.6 is 27.5 Å². The minimum atomic E-state index is -4.02. The Morgan fingerprint density at radius 2 is 1.77 bits per heavy atom. The molecule has 0 atom stereocenters. The van der Waals surface area contributed by atoms with Crippen LogP contribution in [0.1, 0.15) is 11.1 Å². The van der Waals surface area contributed by atoms with Crippen LogP contribution in [0.3, 0.4) is 0 Å². The molecular formula is C22H19BrClFN2O3S. The SMILES string of the molecule is Cc1ccccc1CN(CC(=O)Nc1ccc(Br)cc1F)S(=O)(=O)c1ccc(Cl)cc1. The lowest BCUT2D eigenvalue weighted by molar-refractivity contribution is -0.116. The number of rotatable bonds is 7. The van der Waals surface area contributed by atoms with E-state index in [1.165, 1.54) is 36.4 Å². The van der Waals surface area contributed by atoms with Crippen LogP contribution in [0.2, 0.25) is 5.02 Å². The number of nitrogens with one attached hydrogen (secondary N) is 1. The molecule has 162 valence electrons. The van der Waals surface area contributed by atoms with Crippen molar-refractivity contribution in [3.8, 4) is 0 Å². The normalized spacial score (nSPS) is 11.5. The molecule has 3 aromatic rings. The smallest absolute Gasteiger partial charge is 0.243 e. The first kappa shape index (κ1) is 23.4. The summed E-state index contributed by atoms with van der Waals surface area (Å²) in [6.45, 7) is 1.35. The lowest BCUT2D eigenvalue weighted by atomic mass is 10.1. The van der Waals surface area contributed by atoms with E-state index in [4.69, 9.17) is 11.6 Å². The van der Waals surface area contributed by atoms with Gasteiger partial charge in [0.25, 0.3) is 0 Å². The van der Waals surface area contributed by atoms with Gasteiger partial charge in [-0.3, -0.25) is 4.79 Å². The molecule has 1 amide bonds. The number of carbonyl (C=O) groups excluding carboxylic acids is 1. The lowest BCUT2D eigenvalue weighted by Gasteiger charge is -2.23.